The van der Waals surface area contributed by atoms with Crippen LogP contribution in [0.15, 0.2) is 41.5 Å². The second kappa shape index (κ2) is 6.83. The van der Waals surface area contributed by atoms with Gasteiger partial charge in [-0.1, -0.05) is 30.3 Å². The number of rotatable bonds is 5. The molecule has 0 unspecified atom stereocenters. The molecule has 3 rings (SSSR count). The fraction of sp³-hybridized carbons (Fsp3) is 0.133. The molecule has 0 aliphatic carbocycles. The van der Waals surface area contributed by atoms with Crippen molar-refractivity contribution in [1.29, 1.82) is 0 Å². The van der Waals surface area contributed by atoms with Crippen LogP contribution in [0.1, 0.15) is 5.56 Å². The van der Waals surface area contributed by atoms with Crippen LogP contribution in [0.3, 0.4) is 0 Å². The van der Waals surface area contributed by atoms with E-state index in [2.05, 4.69) is 20.3 Å². The minimum atomic E-state index is -1.26. The number of benzene rings is 1. The van der Waals surface area contributed by atoms with E-state index in [1.807, 2.05) is 6.07 Å². The molecule has 0 saturated heterocycles. The van der Waals surface area contributed by atoms with E-state index < -0.39 is 24.2 Å². The lowest BCUT2D eigenvalue weighted by atomic mass is 10.2. The molecule has 128 valence electrons. The van der Waals surface area contributed by atoms with Gasteiger partial charge in [0.1, 0.15) is 13.2 Å². The fourth-order valence-electron chi connectivity index (χ4n) is 2.15. The molecule has 0 spiro atoms. The van der Waals surface area contributed by atoms with Gasteiger partial charge in [0.25, 0.3) is 5.56 Å². The second-order valence-corrected chi connectivity index (χ2v) is 5.01. The highest BCUT2D eigenvalue weighted by atomic mass is 16.5. The molecule has 0 bridgehead atoms. The van der Waals surface area contributed by atoms with E-state index >= 15 is 0 Å². The zero-order valence-electron chi connectivity index (χ0n) is 12.8. The summed E-state index contributed by atoms with van der Waals surface area (Å²) in [4.78, 5) is 45.7. The molecule has 2 aromatic heterocycles. The first-order chi connectivity index (χ1) is 12.0. The molecule has 3 N–H and O–H groups in total. The Bertz CT molecular complexity index is 979. The Morgan fingerprint density at radius 2 is 2.04 bits per heavy atom. The van der Waals surface area contributed by atoms with E-state index in [0.29, 0.717) is 0 Å². The summed E-state index contributed by atoms with van der Waals surface area (Å²) in [7, 11) is 0. The number of H-pyrrole nitrogens is 1. The van der Waals surface area contributed by atoms with Crippen LogP contribution in [0, 0.1) is 0 Å². The molecule has 3 aromatic rings. The first kappa shape index (κ1) is 16.2. The van der Waals surface area contributed by atoms with Gasteiger partial charge in [-0.25, -0.2) is 9.78 Å². The van der Waals surface area contributed by atoms with Crippen molar-refractivity contribution in [2.45, 2.75) is 13.2 Å². The summed E-state index contributed by atoms with van der Waals surface area (Å²) < 4.78 is 5.86. The number of ether oxygens (including phenoxy) is 1. The number of carbonyl (C=O) groups is 2. The number of carbonyl (C=O) groups excluding carboxylic acids is 1. The third-order valence-corrected chi connectivity index (χ3v) is 3.27. The number of aromatic amines is 1. The van der Waals surface area contributed by atoms with Gasteiger partial charge in [0, 0.05) is 0 Å². The van der Waals surface area contributed by atoms with Crippen LogP contribution in [0.2, 0.25) is 0 Å². The number of fused-ring (bicyclic) bond motifs is 1. The molecule has 0 fully saturated rings. The Labute approximate surface area is 140 Å². The Morgan fingerprint density at radius 3 is 2.76 bits per heavy atom. The molecule has 0 atom stereocenters. The predicted octanol–water partition coefficient (Wildman–Crippen LogP) is 0.953. The molecule has 0 radical (unpaired) electrons. The summed E-state index contributed by atoms with van der Waals surface area (Å²) in [6.07, 6.45) is 0.381. The van der Waals surface area contributed by atoms with Gasteiger partial charge in [-0.2, -0.15) is 4.98 Å². The van der Waals surface area contributed by atoms with Crippen LogP contribution in [0.5, 0.6) is 0 Å². The number of aliphatic carboxylic acids is 1. The van der Waals surface area contributed by atoms with Crippen LogP contribution in [0.25, 0.3) is 11.2 Å². The molecule has 0 aliphatic rings. The number of nitrogens with zero attached hydrogens (tertiary/aromatic N) is 3. The van der Waals surface area contributed by atoms with Gasteiger partial charge in [-0.3, -0.25) is 19.5 Å². The predicted molar refractivity (Wildman–Crippen MR) is 86.0 cm³/mol. The van der Waals surface area contributed by atoms with Crippen molar-refractivity contribution in [2.75, 3.05) is 5.32 Å². The first-order valence-electron chi connectivity index (χ1n) is 7.18. The Morgan fingerprint density at radius 1 is 1.28 bits per heavy atom. The van der Waals surface area contributed by atoms with Crippen molar-refractivity contribution in [1.82, 2.24) is 19.5 Å². The number of carboxylic acids is 1. The van der Waals surface area contributed by atoms with E-state index in [4.69, 9.17) is 9.84 Å². The smallest absolute Gasteiger partial charge is 0.414 e. The highest BCUT2D eigenvalue weighted by Crippen LogP contribution is 2.09. The van der Waals surface area contributed by atoms with Gasteiger partial charge in [-0.05, 0) is 5.56 Å². The van der Waals surface area contributed by atoms with Gasteiger partial charge in [0.2, 0.25) is 5.95 Å². The Kier molecular flexibility index (Phi) is 4.42. The minimum absolute atomic E-state index is 0.0144. The van der Waals surface area contributed by atoms with Crippen molar-refractivity contribution >= 4 is 29.2 Å². The quantitative estimate of drug-likeness (QED) is 0.626. The lowest BCUT2D eigenvalue weighted by molar-refractivity contribution is -0.137. The molecule has 1 aromatic carbocycles. The number of aromatic nitrogens is 4. The Hall–Kier alpha value is -3.69. The topological polar surface area (TPSA) is 139 Å². The van der Waals surface area contributed by atoms with Crippen molar-refractivity contribution in [3.63, 3.8) is 0 Å². The van der Waals surface area contributed by atoms with Crippen LogP contribution in [-0.2, 0) is 22.7 Å². The number of hydrogen-bond donors (Lipinski definition) is 3. The Balaban J connectivity index is 1.82. The fourth-order valence-corrected chi connectivity index (χ4v) is 2.15. The maximum absolute atomic E-state index is 12.3. The lowest BCUT2D eigenvalue weighted by Gasteiger charge is -2.11. The summed E-state index contributed by atoms with van der Waals surface area (Å²) in [6.45, 7) is -0.657. The van der Waals surface area contributed by atoms with Crippen molar-refractivity contribution < 1.29 is 19.4 Å². The average molecular weight is 343 g/mol. The lowest BCUT2D eigenvalue weighted by Crippen LogP contribution is -2.30. The number of hydrogen-bond acceptors (Lipinski definition) is 6. The highest BCUT2D eigenvalue weighted by molar-refractivity contribution is 5.84. The molecule has 10 nitrogen and oxygen atoms in total. The minimum Gasteiger partial charge on any atom is -0.480 e. The maximum Gasteiger partial charge on any atom is 0.414 e. The van der Waals surface area contributed by atoms with Gasteiger partial charge < -0.3 is 14.8 Å². The number of amides is 1. The number of carboxylic acid groups (broad SMARTS) is 1. The van der Waals surface area contributed by atoms with Crippen LogP contribution < -0.4 is 10.9 Å². The monoisotopic (exact) mass is 343 g/mol. The molecular weight excluding hydrogens is 330 g/mol. The maximum atomic E-state index is 12.3. The van der Waals surface area contributed by atoms with Crippen LogP contribution in [0.4, 0.5) is 10.7 Å². The van der Waals surface area contributed by atoms with Gasteiger partial charge in [-0.15, -0.1) is 0 Å². The van der Waals surface area contributed by atoms with E-state index in [9.17, 15) is 14.4 Å². The first-order valence-corrected chi connectivity index (χ1v) is 7.18. The van der Waals surface area contributed by atoms with E-state index in [0.717, 1.165) is 10.1 Å². The van der Waals surface area contributed by atoms with E-state index in [1.54, 1.807) is 24.3 Å². The average Bonchev–Trinajstić information content (AvgIpc) is 3.06. The highest BCUT2D eigenvalue weighted by Gasteiger charge is 2.17. The van der Waals surface area contributed by atoms with Gasteiger partial charge in [0.15, 0.2) is 11.2 Å². The second-order valence-electron chi connectivity index (χ2n) is 5.01. The van der Waals surface area contributed by atoms with E-state index in [-0.39, 0.29) is 23.7 Å². The third kappa shape index (κ3) is 3.63. The SMILES string of the molecule is O=C(O)Cn1c(NC(=O)OCc2ccccc2)nc2nc[nH]c2c1=O. The number of imidazole rings is 1. The summed E-state index contributed by atoms with van der Waals surface area (Å²) in [5, 5.41) is 11.2. The zero-order valence-corrected chi connectivity index (χ0v) is 12.8. The summed E-state index contributed by atoms with van der Waals surface area (Å²) in [5.74, 6) is -1.52. The molecule has 10 heteroatoms. The summed E-state index contributed by atoms with van der Waals surface area (Å²) in [6, 6.07) is 8.99. The molecule has 0 saturated carbocycles. The molecule has 0 aliphatic heterocycles. The van der Waals surface area contributed by atoms with Gasteiger partial charge >= 0.3 is 12.1 Å². The van der Waals surface area contributed by atoms with Gasteiger partial charge in [0.05, 0.1) is 6.33 Å². The summed E-state index contributed by atoms with van der Waals surface area (Å²) in [5.41, 5.74) is 0.217. The number of nitrogens with one attached hydrogen (secondary N) is 2. The molecule has 25 heavy (non-hydrogen) atoms. The number of anilines is 1. The van der Waals surface area contributed by atoms with E-state index in [1.165, 1.54) is 6.33 Å². The molecular formula is C15H13N5O5. The largest absolute Gasteiger partial charge is 0.480 e. The third-order valence-electron chi connectivity index (χ3n) is 3.27. The van der Waals surface area contributed by atoms with Crippen LogP contribution in [-0.4, -0.2) is 36.7 Å². The van der Waals surface area contributed by atoms with Crippen LogP contribution >= 0.6 is 0 Å². The molecule has 2 heterocycles. The summed E-state index contributed by atoms with van der Waals surface area (Å²) >= 11 is 0. The van der Waals surface area contributed by atoms with Crippen molar-refractivity contribution in [2.24, 2.45) is 0 Å². The molecule has 1 amide bonds. The zero-order chi connectivity index (χ0) is 17.8. The standard InChI is InChI=1S/C15H13N5O5/c21-10(22)6-20-13(23)11-12(17-8-16-11)18-14(20)19-15(24)25-7-9-4-2-1-3-5-9/h1-5,8H,6-7H2,(H,16,17)(H,21,22)(H,18,19,24). The van der Waals surface area contributed by atoms with Crippen molar-refractivity contribution in [3.05, 3.63) is 52.6 Å². The normalized spacial score (nSPS) is 10.6. The van der Waals surface area contributed by atoms with Crippen molar-refractivity contribution in [3.8, 4) is 0 Å².